The maximum atomic E-state index is 14.2. The summed E-state index contributed by atoms with van der Waals surface area (Å²) < 4.78 is 7.30. The van der Waals surface area contributed by atoms with Crippen LogP contribution in [0.25, 0.3) is 0 Å². The zero-order chi connectivity index (χ0) is 28.1. The van der Waals surface area contributed by atoms with Crippen LogP contribution in [0.1, 0.15) is 95.4 Å². The largest absolute Gasteiger partial charge is 0.459 e. The Labute approximate surface area is 231 Å². The minimum absolute atomic E-state index is 0.106. The van der Waals surface area contributed by atoms with E-state index in [0.717, 1.165) is 47.8 Å². The molecule has 0 aromatic heterocycles. The van der Waals surface area contributed by atoms with Crippen molar-refractivity contribution < 1.29 is 9.53 Å². The molecule has 9 unspecified atom stereocenters. The highest BCUT2D eigenvalue weighted by molar-refractivity contribution is 7.03. The summed E-state index contributed by atoms with van der Waals surface area (Å²) >= 11 is 0. The zero-order valence-electron chi connectivity index (χ0n) is 27.1. The Hall–Kier alpha value is -0.0962. The van der Waals surface area contributed by atoms with Gasteiger partial charge in [0.1, 0.15) is 5.60 Å². The van der Waals surface area contributed by atoms with Crippen LogP contribution in [0.2, 0.25) is 40.9 Å². The lowest BCUT2D eigenvalue weighted by molar-refractivity contribution is -0.187. The molecule has 212 valence electrons. The summed E-state index contributed by atoms with van der Waals surface area (Å²) in [6.07, 6.45) is 3.83. The lowest BCUT2D eigenvalue weighted by Crippen LogP contribution is -2.78. The third kappa shape index (κ3) is 2.87. The molecule has 4 heteroatoms. The van der Waals surface area contributed by atoms with Gasteiger partial charge in [-0.3, -0.25) is 4.79 Å². The predicted octanol–water partition coefficient (Wildman–Crippen LogP) is 9.44. The summed E-state index contributed by atoms with van der Waals surface area (Å²) in [6.45, 7) is 38.0. The number of hydrogen-bond acceptors (Lipinski definition) is 2. The molecule has 5 fully saturated rings. The van der Waals surface area contributed by atoms with Crippen LogP contribution in [0.15, 0.2) is 0 Å². The average molecular weight is 545 g/mol. The number of ether oxygens (including phenoxy) is 1. The highest BCUT2D eigenvalue weighted by atomic mass is 28.4. The van der Waals surface area contributed by atoms with Crippen molar-refractivity contribution in [2.24, 2.45) is 58.7 Å². The van der Waals surface area contributed by atoms with Crippen LogP contribution in [-0.2, 0) is 9.53 Å². The van der Waals surface area contributed by atoms with Gasteiger partial charge < -0.3 is 4.74 Å². The molecule has 5 aliphatic rings. The second-order valence-corrected chi connectivity index (χ2v) is 30.1. The smallest absolute Gasteiger partial charge is 0.309 e. The first-order chi connectivity index (χ1) is 16.5. The maximum Gasteiger partial charge on any atom is 0.309 e. The first kappa shape index (κ1) is 28.4. The van der Waals surface area contributed by atoms with E-state index in [2.05, 4.69) is 102 Å². The van der Waals surface area contributed by atoms with Gasteiger partial charge in [0.25, 0.3) is 0 Å². The number of carbonyl (C=O) groups is 1. The van der Waals surface area contributed by atoms with Crippen LogP contribution < -0.4 is 0 Å². The van der Waals surface area contributed by atoms with Crippen molar-refractivity contribution in [1.29, 1.82) is 0 Å². The molecule has 0 amide bonds. The number of carbonyl (C=O) groups excluding carboxylic acids is 1. The van der Waals surface area contributed by atoms with E-state index >= 15 is 0 Å². The lowest BCUT2D eigenvalue weighted by atomic mass is 9.59. The Morgan fingerprint density at radius 2 is 1.19 bits per heavy atom. The van der Waals surface area contributed by atoms with Crippen molar-refractivity contribution >= 4 is 22.1 Å². The van der Waals surface area contributed by atoms with E-state index in [9.17, 15) is 4.79 Å². The highest BCUT2D eigenvalue weighted by Gasteiger charge is 2.78. The molecule has 1 heterocycles. The molecule has 4 aliphatic carbocycles. The standard InChI is InChI=1S/C33H60O2Si2/c1-19-20(2)23-18-22(19)26-21-16-24(27(23)26)25(17-21)28(34)35-29(3,4)33(11)30(5,6)36(12,13)32(9,10)37(14,15)31(33,7)8/h19-27H,16-18H2,1-15H3. The van der Waals surface area contributed by atoms with Crippen LogP contribution in [0.3, 0.4) is 0 Å². The van der Waals surface area contributed by atoms with E-state index in [-0.39, 0.29) is 27.4 Å². The Morgan fingerprint density at radius 1 is 0.730 bits per heavy atom. The van der Waals surface area contributed by atoms with Crippen LogP contribution in [0.4, 0.5) is 0 Å². The fraction of sp³-hybridized carbons (Fsp3) is 0.970. The molecule has 0 spiro atoms. The van der Waals surface area contributed by atoms with Gasteiger partial charge in [0.15, 0.2) is 0 Å². The van der Waals surface area contributed by atoms with E-state index in [1.54, 1.807) is 0 Å². The van der Waals surface area contributed by atoms with E-state index < -0.39 is 21.7 Å². The van der Waals surface area contributed by atoms with E-state index in [4.69, 9.17) is 4.74 Å². The van der Waals surface area contributed by atoms with Gasteiger partial charge in [-0.05, 0) is 95.2 Å². The molecular formula is C33H60O2Si2. The molecule has 37 heavy (non-hydrogen) atoms. The van der Waals surface area contributed by atoms with Crippen molar-refractivity contribution in [3.05, 3.63) is 0 Å². The summed E-state index contributed by atoms with van der Waals surface area (Å²) in [5.74, 6) is 6.86. The molecule has 0 radical (unpaired) electrons. The highest BCUT2D eigenvalue weighted by Crippen LogP contribution is 2.81. The molecule has 0 aromatic rings. The van der Waals surface area contributed by atoms with Crippen LogP contribution in [0.5, 0.6) is 0 Å². The summed E-state index contributed by atoms with van der Waals surface area (Å²) in [5.41, 5.74) is -0.625. The first-order valence-corrected chi connectivity index (χ1v) is 21.8. The predicted molar refractivity (Wildman–Crippen MR) is 162 cm³/mol. The topological polar surface area (TPSA) is 26.3 Å². The Kier molecular flexibility index (Phi) is 5.83. The fourth-order valence-electron chi connectivity index (χ4n) is 12.8. The second-order valence-electron chi connectivity index (χ2n) is 18.1. The van der Waals surface area contributed by atoms with E-state index in [1.165, 1.54) is 12.8 Å². The van der Waals surface area contributed by atoms with Crippen molar-refractivity contribution in [3.8, 4) is 0 Å². The van der Waals surface area contributed by atoms with Crippen LogP contribution in [-0.4, -0.2) is 27.7 Å². The molecule has 2 nitrogen and oxygen atoms in total. The van der Waals surface area contributed by atoms with Gasteiger partial charge in [0.05, 0.1) is 22.1 Å². The maximum absolute atomic E-state index is 14.2. The Bertz CT molecular complexity index is 958. The third-order valence-electron chi connectivity index (χ3n) is 17.5. The van der Waals surface area contributed by atoms with Crippen LogP contribution >= 0.6 is 0 Å². The van der Waals surface area contributed by atoms with Crippen molar-refractivity contribution in [1.82, 2.24) is 0 Å². The molecule has 0 aromatic carbocycles. The van der Waals surface area contributed by atoms with Crippen LogP contribution in [0, 0.1) is 58.7 Å². The van der Waals surface area contributed by atoms with Gasteiger partial charge in [-0.15, -0.1) is 0 Å². The minimum Gasteiger partial charge on any atom is -0.459 e. The minimum atomic E-state index is -1.78. The molecule has 4 bridgehead atoms. The van der Waals surface area contributed by atoms with Gasteiger partial charge in [0, 0.05) is 5.41 Å². The summed E-state index contributed by atoms with van der Waals surface area (Å²) in [7, 11) is -3.56. The third-order valence-corrected chi connectivity index (χ3v) is 34.7. The molecule has 5 rings (SSSR count). The monoisotopic (exact) mass is 544 g/mol. The van der Waals surface area contributed by atoms with Gasteiger partial charge in [-0.25, -0.2) is 0 Å². The molecule has 4 saturated carbocycles. The SMILES string of the molecule is CC1C(C)C2CC1C1C3CC(C(=O)OC(C)(C)C4(C)C(C)(C)[Si](C)(C)C(C)(C)[Si](C)(C)C4(C)C)C(C3)C21. The quantitative estimate of drug-likeness (QED) is 0.201. The van der Waals surface area contributed by atoms with Gasteiger partial charge >= 0.3 is 5.97 Å². The second kappa shape index (κ2) is 7.59. The van der Waals surface area contributed by atoms with Crippen molar-refractivity contribution in [2.45, 2.75) is 142 Å². The molecule has 0 N–H and O–H groups in total. The van der Waals surface area contributed by atoms with Gasteiger partial charge in [-0.1, -0.05) is 88.5 Å². The Morgan fingerprint density at radius 3 is 1.68 bits per heavy atom. The molecule has 1 aliphatic heterocycles. The number of fused-ring (bicyclic) bond motifs is 9. The summed E-state index contributed by atoms with van der Waals surface area (Å²) in [4.78, 5) is 14.2. The van der Waals surface area contributed by atoms with E-state index in [1.807, 2.05) is 0 Å². The summed E-state index contributed by atoms with van der Waals surface area (Å²) in [5, 5.41) is 0.213. The average Bonchev–Trinajstić information content (AvgIpc) is 3.51. The van der Waals surface area contributed by atoms with Gasteiger partial charge in [0.2, 0.25) is 0 Å². The number of hydrogen-bond donors (Lipinski definition) is 0. The van der Waals surface area contributed by atoms with Gasteiger partial charge in [-0.2, -0.15) is 0 Å². The van der Waals surface area contributed by atoms with Crippen molar-refractivity contribution in [2.75, 3.05) is 0 Å². The molecular weight excluding hydrogens is 485 g/mol. The number of rotatable bonds is 3. The lowest BCUT2D eigenvalue weighted by Gasteiger charge is -2.78. The van der Waals surface area contributed by atoms with E-state index in [0.29, 0.717) is 10.6 Å². The van der Waals surface area contributed by atoms with Crippen molar-refractivity contribution in [3.63, 3.8) is 0 Å². The fourth-order valence-corrected chi connectivity index (χ4v) is 27.9. The first-order valence-electron chi connectivity index (χ1n) is 15.8. The molecule has 1 saturated heterocycles. The Balaban J connectivity index is 1.46. The zero-order valence-corrected chi connectivity index (χ0v) is 29.1. The number of esters is 1. The summed E-state index contributed by atoms with van der Waals surface area (Å²) in [6, 6.07) is 0. The normalized spacial score (nSPS) is 47.1. The molecule has 9 atom stereocenters.